The Kier molecular flexibility index (Phi) is 4.13. The van der Waals surface area contributed by atoms with Crippen LogP contribution in [0.4, 0.5) is 0 Å². The van der Waals surface area contributed by atoms with Crippen molar-refractivity contribution in [2.45, 2.75) is 33.6 Å². The second-order valence-corrected chi connectivity index (χ2v) is 6.72. The first kappa shape index (κ1) is 15.6. The van der Waals surface area contributed by atoms with Gasteiger partial charge in [0, 0.05) is 24.8 Å². The van der Waals surface area contributed by atoms with Gasteiger partial charge in [-0.25, -0.2) is 9.78 Å². The SMILES string of the molecule is CC(C)C1(C)CC(=O)N(CCc2nc(C(=O)O)cs2)C1=O. The van der Waals surface area contributed by atoms with Gasteiger partial charge in [0.05, 0.1) is 10.4 Å². The third kappa shape index (κ3) is 2.83. The maximum Gasteiger partial charge on any atom is 0.355 e. The molecule has 1 aliphatic rings. The van der Waals surface area contributed by atoms with Gasteiger partial charge in [-0.15, -0.1) is 11.3 Å². The van der Waals surface area contributed by atoms with Gasteiger partial charge in [-0.1, -0.05) is 13.8 Å². The van der Waals surface area contributed by atoms with Gasteiger partial charge >= 0.3 is 5.97 Å². The van der Waals surface area contributed by atoms with Crippen LogP contribution in [0.2, 0.25) is 0 Å². The summed E-state index contributed by atoms with van der Waals surface area (Å²) in [5.41, 5.74) is -0.632. The third-order valence-electron chi connectivity index (χ3n) is 4.15. The first-order chi connectivity index (χ1) is 9.75. The van der Waals surface area contributed by atoms with Gasteiger partial charge < -0.3 is 5.11 Å². The quantitative estimate of drug-likeness (QED) is 0.838. The monoisotopic (exact) mass is 310 g/mol. The Bertz CT molecular complexity index is 596. The Balaban J connectivity index is 2.04. The largest absolute Gasteiger partial charge is 0.476 e. The van der Waals surface area contributed by atoms with Crippen molar-refractivity contribution < 1.29 is 19.5 Å². The number of aromatic carboxylic acids is 1. The van der Waals surface area contributed by atoms with E-state index in [4.69, 9.17) is 5.11 Å². The molecule has 1 aromatic heterocycles. The number of carbonyl (C=O) groups excluding carboxylic acids is 2. The molecule has 0 aromatic carbocycles. The number of carbonyl (C=O) groups is 3. The summed E-state index contributed by atoms with van der Waals surface area (Å²) in [4.78, 5) is 40.4. The van der Waals surface area contributed by atoms with Gasteiger partial charge in [-0.3, -0.25) is 14.5 Å². The minimum atomic E-state index is -1.07. The van der Waals surface area contributed by atoms with Crippen molar-refractivity contribution in [2.24, 2.45) is 11.3 Å². The lowest BCUT2D eigenvalue weighted by atomic mass is 9.78. The molecule has 1 saturated heterocycles. The van der Waals surface area contributed by atoms with Crippen LogP contribution < -0.4 is 0 Å². The fraction of sp³-hybridized carbons (Fsp3) is 0.571. The summed E-state index contributed by atoms with van der Waals surface area (Å²) >= 11 is 1.23. The van der Waals surface area contributed by atoms with Gasteiger partial charge in [0.1, 0.15) is 0 Å². The molecule has 2 amide bonds. The lowest BCUT2D eigenvalue weighted by molar-refractivity contribution is -0.142. The van der Waals surface area contributed by atoms with E-state index >= 15 is 0 Å². The summed E-state index contributed by atoms with van der Waals surface area (Å²) < 4.78 is 0. The predicted octanol–water partition coefficient (Wildman–Crippen LogP) is 1.81. The number of rotatable bonds is 5. The molecule has 0 saturated carbocycles. The lowest BCUT2D eigenvalue weighted by Crippen LogP contribution is -2.37. The maximum atomic E-state index is 12.4. The van der Waals surface area contributed by atoms with Crippen LogP contribution in [-0.2, 0) is 16.0 Å². The molecule has 1 aromatic rings. The number of hydrogen-bond acceptors (Lipinski definition) is 5. The number of imide groups is 1. The molecule has 1 unspecified atom stereocenters. The van der Waals surface area contributed by atoms with Crippen molar-refractivity contribution >= 4 is 29.1 Å². The Morgan fingerprint density at radius 3 is 2.67 bits per heavy atom. The van der Waals surface area contributed by atoms with Gasteiger partial charge in [-0.05, 0) is 12.8 Å². The van der Waals surface area contributed by atoms with Crippen molar-refractivity contribution in [3.8, 4) is 0 Å². The highest BCUT2D eigenvalue weighted by atomic mass is 32.1. The summed E-state index contributed by atoms with van der Waals surface area (Å²) in [6.07, 6.45) is 0.630. The molecule has 2 heterocycles. The van der Waals surface area contributed by atoms with Crippen LogP contribution in [0, 0.1) is 11.3 Å². The fourth-order valence-electron chi connectivity index (χ4n) is 2.32. The predicted molar refractivity (Wildman–Crippen MR) is 77.1 cm³/mol. The highest BCUT2D eigenvalue weighted by molar-refractivity contribution is 7.09. The smallest absolute Gasteiger partial charge is 0.355 e. The molecule has 2 rings (SSSR count). The van der Waals surface area contributed by atoms with Crippen molar-refractivity contribution in [2.75, 3.05) is 6.54 Å². The number of carboxylic acid groups (broad SMARTS) is 1. The standard InChI is InChI=1S/C14H18N2O4S/c1-8(2)14(3)6-11(17)16(13(14)20)5-4-10-15-9(7-21-10)12(18)19/h7-8H,4-6H2,1-3H3,(H,18,19). The zero-order chi connectivity index (χ0) is 15.8. The molecule has 7 heteroatoms. The van der Waals surface area contributed by atoms with Gasteiger partial charge in [0.15, 0.2) is 5.69 Å². The Labute approximate surface area is 126 Å². The zero-order valence-corrected chi connectivity index (χ0v) is 13.1. The molecular formula is C14H18N2O4S. The summed E-state index contributed by atoms with van der Waals surface area (Å²) in [6.45, 7) is 5.96. The van der Waals surface area contributed by atoms with E-state index in [1.807, 2.05) is 20.8 Å². The zero-order valence-electron chi connectivity index (χ0n) is 12.3. The lowest BCUT2D eigenvalue weighted by Gasteiger charge is -2.25. The first-order valence-electron chi connectivity index (χ1n) is 6.78. The molecule has 0 radical (unpaired) electrons. The van der Waals surface area contributed by atoms with Crippen LogP contribution in [0.5, 0.6) is 0 Å². The van der Waals surface area contributed by atoms with E-state index in [1.54, 1.807) is 0 Å². The molecule has 1 N–H and O–H groups in total. The Morgan fingerprint density at radius 1 is 1.52 bits per heavy atom. The minimum absolute atomic E-state index is 0.00101. The van der Waals surface area contributed by atoms with E-state index in [9.17, 15) is 14.4 Å². The van der Waals surface area contributed by atoms with Crippen LogP contribution in [-0.4, -0.2) is 39.3 Å². The molecule has 1 aliphatic heterocycles. The minimum Gasteiger partial charge on any atom is -0.476 e. The van der Waals surface area contributed by atoms with E-state index < -0.39 is 11.4 Å². The molecule has 114 valence electrons. The van der Waals surface area contributed by atoms with Crippen LogP contribution >= 0.6 is 11.3 Å². The molecule has 6 nitrogen and oxygen atoms in total. The van der Waals surface area contributed by atoms with Crippen molar-refractivity contribution in [1.82, 2.24) is 9.88 Å². The number of hydrogen-bond donors (Lipinski definition) is 1. The van der Waals surface area contributed by atoms with Crippen LogP contribution in [0.1, 0.15) is 42.7 Å². The van der Waals surface area contributed by atoms with Crippen LogP contribution in [0.15, 0.2) is 5.38 Å². The van der Waals surface area contributed by atoms with Gasteiger partial charge in [-0.2, -0.15) is 0 Å². The molecule has 1 fully saturated rings. The summed E-state index contributed by atoms with van der Waals surface area (Å²) in [7, 11) is 0. The molecule has 21 heavy (non-hydrogen) atoms. The van der Waals surface area contributed by atoms with E-state index in [1.165, 1.54) is 21.6 Å². The summed E-state index contributed by atoms with van der Waals surface area (Å²) in [6, 6.07) is 0. The number of aromatic nitrogens is 1. The number of thiazole rings is 1. The van der Waals surface area contributed by atoms with Crippen LogP contribution in [0.3, 0.4) is 0 Å². The average Bonchev–Trinajstić information content (AvgIpc) is 2.94. The third-order valence-corrected chi connectivity index (χ3v) is 5.06. The fourth-order valence-corrected chi connectivity index (χ4v) is 3.08. The van der Waals surface area contributed by atoms with Crippen LogP contribution in [0.25, 0.3) is 0 Å². The Morgan fingerprint density at radius 2 is 2.19 bits per heavy atom. The number of carboxylic acids is 1. The first-order valence-corrected chi connectivity index (χ1v) is 7.66. The second-order valence-electron chi connectivity index (χ2n) is 5.78. The van der Waals surface area contributed by atoms with E-state index in [0.29, 0.717) is 11.4 Å². The topological polar surface area (TPSA) is 87.6 Å². The van der Waals surface area contributed by atoms with Gasteiger partial charge in [0.25, 0.3) is 0 Å². The van der Waals surface area contributed by atoms with Crippen molar-refractivity contribution in [1.29, 1.82) is 0 Å². The summed E-state index contributed by atoms with van der Waals surface area (Å²) in [5, 5.41) is 10.9. The molecule has 0 aliphatic carbocycles. The van der Waals surface area contributed by atoms with E-state index in [0.717, 1.165) is 0 Å². The van der Waals surface area contributed by atoms with E-state index in [-0.39, 0.29) is 36.4 Å². The molecule has 0 spiro atoms. The number of likely N-dealkylation sites (tertiary alicyclic amines) is 1. The number of nitrogens with zero attached hydrogens (tertiary/aromatic N) is 2. The highest BCUT2D eigenvalue weighted by Gasteiger charge is 2.49. The Hall–Kier alpha value is -1.76. The summed E-state index contributed by atoms with van der Waals surface area (Å²) in [5.74, 6) is -1.28. The second kappa shape index (κ2) is 5.55. The van der Waals surface area contributed by atoms with Crippen molar-refractivity contribution in [3.05, 3.63) is 16.1 Å². The normalized spacial score (nSPS) is 22.4. The number of amides is 2. The molecular weight excluding hydrogens is 292 g/mol. The molecule has 1 atom stereocenters. The maximum absolute atomic E-state index is 12.4. The van der Waals surface area contributed by atoms with Gasteiger partial charge in [0.2, 0.25) is 11.8 Å². The van der Waals surface area contributed by atoms with E-state index in [2.05, 4.69) is 4.98 Å². The average molecular weight is 310 g/mol. The molecule has 0 bridgehead atoms. The van der Waals surface area contributed by atoms with Crippen molar-refractivity contribution in [3.63, 3.8) is 0 Å². The highest BCUT2D eigenvalue weighted by Crippen LogP contribution is 2.39.